The smallest absolute Gasteiger partial charge is 0.203 e. The van der Waals surface area contributed by atoms with E-state index in [1.165, 1.54) is 12.4 Å². The minimum Gasteiger partial charge on any atom is -0.497 e. The number of hydrogen-bond donors (Lipinski definition) is 3. The predicted octanol–water partition coefficient (Wildman–Crippen LogP) is 0.828. The molecule has 0 bridgehead atoms. The molecule has 1 aliphatic carbocycles. The molecule has 1 aromatic heterocycles. The molecule has 0 amide bonds. The lowest BCUT2D eigenvalue weighted by Gasteiger charge is -2.34. The van der Waals surface area contributed by atoms with Gasteiger partial charge in [0, 0.05) is 11.6 Å². The van der Waals surface area contributed by atoms with Crippen LogP contribution in [0.1, 0.15) is 11.7 Å². The van der Waals surface area contributed by atoms with E-state index in [0.717, 1.165) is 0 Å². The highest BCUT2D eigenvalue weighted by molar-refractivity contribution is 5.56. The van der Waals surface area contributed by atoms with Gasteiger partial charge >= 0.3 is 0 Å². The second kappa shape index (κ2) is 15.0. The third kappa shape index (κ3) is 8.87. The van der Waals surface area contributed by atoms with Crippen LogP contribution >= 0.6 is 0 Å². The summed E-state index contributed by atoms with van der Waals surface area (Å²) >= 11 is 0. The molecule has 11 nitrogen and oxygen atoms in total. The zero-order valence-corrected chi connectivity index (χ0v) is 21.5. The Morgan fingerprint density at radius 2 is 1.64 bits per heavy atom. The van der Waals surface area contributed by atoms with E-state index in [1.54, 1.807) is 43.5 Å². The Morgan fingerprint density at radius 3 is 2.28 bits per heavy atom. The first-order valence-corrected chi connectivity index (χ1v) is 12.0. The van der Waals surface area contributed by atoms with E-state index in [0.29, 0.717) is 17.1 Å². The molecule has 4 atom stereocenters. The Balaban J connectivity index is 1.80. The molecule has 0 aliphatic heterocycles. The van der Waals surface area contributed by atoms with E-state index in [4.69, 9.17) is 36.5 Å². The molecule has 3 N–H and O–H groups in total. The van der Waals surface area contributed by atoms with Crippen molar-refractivity contribution in [3.05, 3.63) is 60.4 Å². The molecule has 0 fully saturated rings. The minimum absolute atomic E-state index is 0.0204. The van der Waals surface area contributed by atoms with Crippen LogP contribution in [0.4, 0.5) is 0 Å². The molecular formula is C28H31N3O8. The Hall–Kier alpha value is -3.81. The quantitative estimate of drug-likeness (QED) is 0.169. The van der Waals surface area contributed by atoms with Gasteiger partial charge in [-0.3, -0.25) is 0 Å². The van der Waals surface area contributed by atoms with Crippen molar-refractivity contribution in [2.45, 2.75) is 23.9 Å². The summed E-state index contributed by atoms with van der Waals surface area (Å²) in [6, 6.07) is 7.16. The largest absolute Gasteiger partial charge is 0.497 e. The summed E-state index contributed by atoms with van der Waals surface area (Å²) in [6.45, 7) is -0.451. The first-order chi connectivity index (χ1) is 18.9. The number of aliphatic hydroxyl groups is 3. The number of nitrogens with zero attached hydrogens (tertiary/aromatic N) is 3. The fourth-order valence-corrected chi connectivity index (χ4v) is 3.53. The molecule has 3 rings (SSSR count). The molecule has 2 aromatic rings. The fourth-order valence-electron chi connectivity index (χ4n) is 3.53. The van der Waals surface area contributed by atoms with Crippen molar-refractivity contribution < 1.29 is 39.0 Å². The van der Waals surface area contributed by atoms with Crippen molar-refractivity contribution in [3.63, 3.8) is 0 Å². The van der Waals surface area contributed by atoms with Crippen LogP contribution in [0.15, 0.2) is 54.6 Å². The minimum atomic E-state index is -2.03. The highest BCUT2D eigenvalue weighted by atomic mass is 16.6. The van der Waals surface area contributed by atoms with Crippen LogP contribution in [0.5, 0.6) is 5.75 Å². The highest BCUT2D eigenvalue weighted by Crippen LogP contribution is 2.36. The second-order valence-electron chi connectivity index (χ2n) is 8.40. The topological polar surface area (TPSA) is 146 Å². The Bertz CT molecular complexity index is 1200. The van der Waals surface area contributed by atoms with Crippen molar-refractivity contribution in [2.75, 3.05) is 46.8 Å². The number of methoxy groups -OCH3 is 1. The van der Waals surface area contributed by atoms with Gasteiger partial charge in [0.15, 0.2) is 5.82 Å². The molecule has 0 saturated carbocycles. The van der Waals surface area contributed by atoms with Crippen molar-refractivity contribution in [3.8, 4) is 41.8 Å². The van der Waals surface area contributed by atoms with E-state index < -0.39 is 23.9 Å². The summed E-state index contributed by atoms with van der Waals surface area (Å²) in [5, 5.41) is 31.9. The number of benzene rings is 1. The van der Waals surface area contributed by atoms with E-state index in [9.17, 15) is 15.3 Å². The Kier molecular flexibility index (Phi) is 11.4. The van der Waals surface area contributed by atoms with Crippen LogP contribution in [-0.4, -0.2) is 95.0 Å². The standard InChI is InChI=1S/C28H31N3O8/c1-4-12-36-15-21(32)17-38-24-10-11-25(28(34,14-24)39-18-22(33)16-37-13-5-2)27-30-19-29-26(31-27)20-6-8-23(35-3)9-7-20/h1-2,6-11,14,19,21-22,25,32-34H,12-13,15-18H2,3H3. The molecular weight excluding hydrogens is 506 g/mol. The lowest BCUT2D eigenvalue weighted by atomic mass is 9.92. The van der Waals surface area contributed by atoms with Crippen molar-refractivity contribution in [2.24, 2.45) is 0 Å². The summed E-state index contributed by atoms with van der Waals surface area (Å²) in [6.07, 6.45) is 14.1. The SMILES string of the molecule is C#CCOCC(O)COC1=CC(O)(OCC(O)COCC#C)C(c2ncnc(-c3ccc(OC)cc3)n2)C=C1. The molecule has 1 aliphatic rings. The van der Waals surface area contributed by atoms with Crippen molar-refractivity contribution in [1.82, 2.24) is 15.0 Å². The molecule has 4 unspecified atom stereocenters. The summed E-state index contributed by atoms with van der Waals surface area (Å²) < 4.78 is 26.8. The zero-order chi connectivity index (χ0) is 28.1. The van der Waals surface area contributed by atoms with Crippen LogP contribution in [0.3, 0.4) is 0 Å². The van der Waals surface area contributed by atoms with Gasteiger partial charge in [-0.2, -0.15) is 0 Å². The van der Waals surface area contributed by atoms with Gasteiger partial charge in [0.1, 0.15) is 55.7 Å². The third-order valence-electron chi connectivity index (χ3n) is 5.41. The number of rotatable bonds is 15. The number of hydrogen-bond acceptors (Lipinski definition) is 11. The van der Waals surface area contributed by atoms with Gasteiger partial charge in [0.05, 0.1) is 32.8 Å². The number of terminal acetylenes is 2. The Morgan fingerprint density at radius 1 is 0.974 bits per heavy atom. The monoisotopic (exact) mass is 537 g/mol. The van der Waals surface area contributed by atoms with Gasteiger partial charge in [0.25, 0.3) is 0 Å². The maximum atomic E-state index is 11.6. The van der Waals surface area contributed by atoms with Gasteiger partial charge < -0.3 is 39.0 Å². The molecule has 0 saturated heterocycles. The number of allylic oxidation sites excluding steroid dienone is 1. The molecule has 0 radical (unpaired) electrons. The Labute approximate surface area is 227 Å². The summed E-state index contributed by atoms with van der Waals surface area (Å²) in [5.41, 5.74) is 0.713. The van der Waals surface area contributed by atoms with Crippen molar-refractivity contribution >= 4 is 0 Å². The van der Waals surface area contributed by atoms with E-state index in [2.05, 4.69) is 26.8 Å². The first-order valence-electron chi connectivity index (χ1n) is 12.0. The molecule has 11 heteroatoms. The van der Waals surface area contributed by atoms with Gasteiger partial charge in [-0.1, -0.05) is 17.9 Å². The molecule has 1 aromatic carbocycles. The van der Waals surface area contributed by atoms with Crippen LogP contribution < -0.4 is 4.74 Å². The predicted molar refractivity (Wildman–Crippen MR) is 140 cm³/mol. The van der Waals surface area contributed by atoms with Crippen LogP contribution in [0, 0.1) is 24.7 Å². The molecule has 39 heavy (non-hydrogen) atoms. The average molecular weight is 538 g/mol. The molecule has 0 spiro atoms. The van der Waals surface area contributed by atoms with E-state index in [-0.39, 0.29) is 51.2 Å². The lowest BCUT2D eigenvalue weighted by Crippen LogP contribution is -2.42. The fraction of sp³-hybridized carbons (Fsp3) is 0.393. The van der Waals surface area contributed by atoms with Gasteiger partial charge in [-0.05, 0) is 30.3 Å². The maximum Gasteiger partial charge on any atom is 0.203 e. The second-order valence-corrected chi connectivity index (χ2v) is 8.40. The van der Waals surface area contributed by atoms with Crippen LogP contribution in [0.25, 0.3) is 11.4 Å². The number of aliphatic hydroxyl groups excluding tert-OH is 2. The van der Waals surface area contributed by atoms with Gasteiger partial charge in [0.2, 0.25) is 5.79 Å². The van der Waals surface area contributed by atoms with Crippen LogP contribution in [-0.2, 0) is 18.9 Å². The highest BCUT2D eigenvalue weighted by Gasteiger charge is 2.41. The van der Waals surface area contributed by atoms with Gasteiger partial charge in [-0.25, -0.2) is 15.0 Å². The lowest BCUT2D eigenvalue weighted by molar-refractivity contribution is -0.196. The van der Waals surface area contributed by atoms with Gasteiger partial charge in [-0.15, -0.1) is 12.8 Å². The van der Waals surface area contributed by atoms with Crippen molar-refractivity contribution in [1.29, 1.82) is 0 Å². The maximum absolute atomic E-state index is 11.6. The normalized spacial score (nSPS) is 19.8. The third-order valence-corrected chi connectivity index (χ3v) is 5.41. The first kappa shape index (κ1) is 29.7. The summed E-state index contributed by atoms with van der Waals surface area (Å²) in [4.78, 5) is 13.0. The van der Waals surface area contributed by atoms with E-state index in [1.807, 2.05) is 0 Å². The van der Waals surface area contributed by atoms with E-state index >= 15 is 0 Å². The molecule has 1 heterocycles. The molecule has 206 valence electrons. The average Bonchev–Trinajstić information content (AvgIpc) is 2.95. The number of aromatic nitrogens is 3. The summed E-state index contributed by atoms with van der Waals surface area (Å²) in [7, 11) is 1.57. The summed E-state index contributed by atoms with van der Waals surface area (Å²) in [5.74, 6) is 3.18. The number of ether oxygens (including phenoxy) is 5. The van der Waals surface area contributed by atoms with Crippen LogP contribution in [0.2, 0.25) is 0 Å². The zero-order valence-electron chi connectivity index (χ0n) is 21.5.